The van der Waals surface area contributed by atoms with E-state index in [-0.39, 0.29) is 0 Å². The molecule has 0 spiro atoms. The Hall–Kier alpha value is -7.04. The average molecular weight is 786 g/mol. The Kier molecular flexibility index (Phi) is 7.97. The Labute approximate surface area is 350 Å². The predicted octanol–water partition coefficient (Wildman–Crippen LogP) is 17.2. The van der Waals surface area contributed by atoms with Crippen molar-refractivity contribution >= 4 is 102 Å². The van der Waals surface area contributed by atoms with Crippen molar-refractivity contribution < 1.29 is 0 Å². The summed E-state index contributed by atoms with van der Waals surface area (Å²) in [6.45, 7) is 0. The van der Waals surface area contributed by atoms with Crippen LogP contribution in [-0.4, -0.2) is 0 Å². The summed E-state index contributed by atoms with van der Waals surface area (Å²) in [5, 5.41) is 10.3. The first-order valence-electron chi connectivity index (χ1n) is 20.1. The van der Waals surface area contributed by atoms with Crippen LogP contribution in [0.3, 0.4) is 0 Å². The fourth-order valence-corrected chi connectivity index (χ4v) is 11.5. The molecule has 2 heterocycles. The number of hydrogen-bond acceptors (Lipinski definition) is 3. The fraction of sp³-hybridized carbons (Fsp3) is 0. The van der Waals surface area contributed by atoms with E-state index < -0.39 is 0 Å². The summed E-state index contributed by atoms with van der Waals surface area (Å²) in [6.07, 6.45) is 0. The van der Waals surface area contributed by atoms with Gasteiger partial charge in [0, 0.05) is 63.0 Å². The third-order valence-corrected chi connectivity index (χ3v) is 14.2. The highest BCUT2D eigenvalue weighted by atomic mass is 32.1. The van der Waals surface area contributed by atoms with Crippen molar-refractivity contribution in [1.29, 1.82) is 0 Å². The monoisotopic (exact) mass is 785 g/mol. The van der Waals surface area contributed by atoms with E-state index in [1.807, 2.05) is 22.7 Å². The summed E-state index contributed by atoms with van der Waals surface area (Å²) < 4.78 is 5.21. The van der Waals surface area contributed by atoms with Gasteiger partial charge in [-0.2, -0.15) is 0 Å². The van der Waals surface area contributed by atoms with Crippen LogP contribution in [-0.2, 0) is 0 Å². The summed E-state index contributed by atoms with van der Waals surface area (Å²) in [6, 6.07) is 78.3. The number of fused-ring (bicyclic) bond motifs is 9. The molecule has 0 atom stereocenters. The van der Waals surface area contributed by atoms with E-state index >= 15 is 0 Å². The van der Waals surface area contributed by atoms with Gasteiger partial charge in [-0.3, -0.25) is 0 Å². The first kappa shape index (κ1) is 34.0. The van der Waals surface area contributed by atoms with Crippen molar-refractivity contribution in [3.8, 4) is 33.4 Å². The highest BCUT2D eigenvalue weighted by molar-refractivity contribution is 7.26. The first-order valence-corrected chi connectivity index (χ1v) is 21.7. The molecule has 0 radical (unpaired) electrons. The third-order valence-electron chi connectivity index (χ3n) is 11.9. The van der Waals surface area contributed by atoms with Crippen LogP contribution in [0.2, 0.25) is 0 Å². The molecule has 12 aromatic rings. The second kappa shape index (κ2) is 13.8. The predicted molar refractivity (Wildman–Crippen MR) is 258 cm³/mol. The summed E-state index contributed by atoms with van der Waals surface area (Å²) in [5.74, 6) is 0. The molecule has 1 nitrogen and oxygen atoms in total. The summed E-state index contributed by atoms with van der Waals surface area (Å²) >= 11 is 3.75. The van der Waals surface area contributed by atoms with Crippen LogP contribution in [0, 0.1) is 0 Å². The van der Waals surface area contributed by atoms with Crippen LogP contribution < -0.4 is 4.90 Å². The SMILES string of the molecule is c1ccc(-c2ccc(N(c3ccc(-c4cc5ccccc5c5ccccc45)cc3)c3ccc4c(c3)sc3ccccc34)cc2-c2cccc3c2sc2ccccc23)cc1. The Morgan fingerprint density at radius 1 is 0.271 bits per heavy atom. The van der Waals surface area contributed by atoms with Crippen LogP contribution in [0.5, 0.6) is 0 Å². The zero-order valence-corrected chi connectivity index (χ0v) is 33.6. The van der Waals surface area contributed by atoms with Crippen LogP contribution in [0.25, 0.3) is 95.3 Å². The Morgan fingerprint density at radius 2 is 0.847 bits per heavy atom. The third kappa shape index (κ3) is 5.66. The zero-order valence-electron chi connectivity index (χ0n) is 32.0. The van der Waals surface area contributed by atoms with Crippen molar-refractivity contribution in [1.82, 2.24) is 0 Å². The molecule has 0 aliphatic heterocycles. The molecule has 0 N–H and O–H groups in total. The Balaban J connectivity index is 1.07. The van der Waals surface area contributed by atoms with Gasteiger partial charge in [-0.05, 0) is 104 Å². The standard InChI is InChI=1S/C56H35NS2/c1-2-13-36(14-3-1)43-31-29-40(34-52(43)50-22-12-21-49-47-20-9-11-24-54(47)59-56(49)50)57(41-30-32-48-46-19-8-10-23-53(46)58-55(48)35-41)39-27-25-37(26-28-39)51-33-38-15-4-5-16-42(38)44-17-6-7-18-45(44)51/h1-35H. The maximum absolute atomic E-state index is 2.44. The zero-order chi connectivity index (χ0) is 38.9. The Morgan fingerprint density at radius 3 is 1.66 bits per heavy atom. The lowest BCUT2D eigenvalue weighted by molar-refractivity contribution is 1.29. The van der Waals surface area contributed by atoms with Gasteiger partial charge in [0.2, 0.25) is 0 Å². The minimum Gasteiger partial charge on any atom is -0.310 e. The number of rotatable bonds is 6. The molecule has 0 amide bonds. The molecule has 0 aliphatic rings. The molecule has 0 bridgehead atoms. The summed E-state index contributed by atoms with van der Waals surface area (Å²) in [5.41, 5.74) is 10.7. The number of nitrogens with zero attached hydrogens (tertiary/aromatic N) is 1. The number of benzene rings is 10. The van der Waals surface area contributed by atoms with E-state index in [2.05, 4.69) is 217 Å². The van der Waals surface area contributed by atoms with Gasteiger partial charge in [-0.25, -0.2) is 0 Å². The van der Waals surface area contributed by atoms with Gasteiger partial charge in [0.05, 0.1) is 0 Å². The first-order chi connectivity index (χ1) is 29.2. The summed E-state index contributed by atoms with van der Waals surface area (Å²) in [7, 11) is 0. The average Bonchev–Trinajstić information content (AvgIpc) is 3.88. The maximum atomic E-state index is 2.44. The van der Waals surface area contributed by atoms with E-state index in [0.29, 0.717) is 0 Å². The molecule has 12 rings (SSSR count). The number of hydrogen-bond donors (Lipinski definition) is 0. The lowest BCUT2D eigenvalue weighted by Gasteiger charge is -2.27. The van der Waals surface area contributed by atoms with Crippen molar-refractivity contribution in [2.75, 3.05) is 4.90 Å². The van der Waals surface area contributed by atoms with Crippen LogP contribution in [0.1, 0.15) is 0 Å². The highest BCUT2D eigenvalue weighted by Gasteiger charge is 2.20. The second-order valence-corrected chi connectivity index (χ2v) is 17.4. The minimum atomic E-state index is 1.11. The highest BCUT2D eigenvalue weighted by Crippen LogP contribution is 2.47. The number of thiophene rings is 2. The minimum absolute atomic E-state index is 1.11. The van der Waals surface area contributed by atoms with Crippen molar-refractivity contribution in [3.63, 3.8) is 0 Å². The van der Waals surface area contributed by atoms with Crippen LogP contribution in [0.15, 0.2) is 212 Å². The fourth-order valence-electron chi connectivity index (χ4n) is 9.11. The lowest BCUT2D eigenvalue weighted by atomic mass is 9.92. The van der Waals surface area contributed by atoms with Gasteiger partial charge >= 0.3 is 0 Å². The van der Waals surface area contributed by atoms with Crippen LogP contribution in [0.4, 0.5) is 17.1 Å². The van der Waals surface area contributed by atoms with E-state index in [4.69, 9.17) is 0 Å². The molecular weight excluding hydrogens is 751 g/mol. The smallest absolute Gasteiger partial charge is 0.0476 e. The largest absolute Gasteiger partial charge is 0.310 e. The lowest BCUT2D eigenvalue weighted by Crippen LogP contribution is -2.10. The van der Waals surface area contributed by atoms with E-state index in [0.717, 1.165) is 17.1 Å². The molecule has 10 aromatic carbocycles. The summed E-state index contributed by atoms with van der Waals surface area (Å²) in [4.78, 5) is 2.44. The Bertz CT molecular complexity index is 3560. The molecule has 3 heteroatoms. The topological polar surface area (TPSA) is 3.24 Å². The molecule has 276 valence electrons. The van der Waals surface area contributed by atoms with Gasteiger partial charge in [0.15, 0.2) is 0 Å². The van der Waals surface area contributed by atoms with E-state index in [9.17, 15) is 0 Å². The normalized spacial score (nSPS) is 11.7. The second-order valence-electron chi connectivity index (χ2n) is 15.2. The van der Waals surface area contributed by atoms with E-state index in [1.165, 1.54) is 95.3 Å². The van der Waals surface area contributed by atoms with Gasteiger partial charge in [-0.1, -0.05) is 158 Å². The molecule has 0 saturated carbocycles. The number of anilines is 3. The quantitative estimate of drug-likeness (QED) is 0.152. The molecule has 0 saturated heterocycles. The molecule has 0 fully saturated rings. The van der Waals surface area contributed by atoms with Gasteiger partial charge in [-0.15, -0.1) is 22.7 Å². The van der Waals surface area contributed by atoms with Crippen molar-refractivity contribution in [2.45, 2.75) is 0 Å². The molecular formula is C56H35NS2. The van der Waals surface area contributed by atoms with E-state index in [1.54, 1.807) is 0 Å². The maximum Gasteiger partial charge on any atom is 0.0476 e. The van der Waals surface area contributed by atoms with Crippen molar-refractivity contribution in [2.24, 2.45) is 0 Å². The van der Waals surface area contributed by atoms with Crippen LogP contribution >= 0.6 is 22.7 Å². The van der Waals surface area contributed by atoms with Gasteiger partial charge in [0.25, 0.3) is 0 Å². The van der Waals surface area contributed by atoms with Crippen molar-refractivity contribution in [3.05, 3.63) is 212 Å². The molecule has 2 aromatic heterocycles. The molecule has 0 aliphatic carbocycles. The molecule has 0 unspecified atom stereocenters. The molecule has 59 heavy (non-hydrogen) atoms. The van der Waals surface area contributed by atoms with Gasteiger partial charge < -0.3 is 4.90 Å². The van der Waals surface area contributed by atoms with Gasteiger partial charge in [0.1, 0.15) is 0 Å².